The Kier molecular flexibility index (Phi) is 2.86. The molecule has 0 radical (unpaired) electrons. The molecule has 0 aliphatic carbocycles. The minimum absolute atomic E-state index is 0.376. The highest BCUT2D eigenvalue weighted by atomic mass is 16.1. The average molecular weight is 214 g/mol. The number of nitrogens with zero attached hydrogens (tertiary/aromatic N) is 1. The number of nitrogens with two attached hydrogens (primary N) is 1. The standard InChI is InChI=1S/C13H14N2O/c1-2-5-10-8-9-6-3-4-7-11(9)12(15-10)13(14)16/h3-4,6-8H,2,5H2,1H3,(H2,14,16). The fourth-order valence-electron chi connectivity index (χ4n) is 1.83. The molecule has 0 unspecified atom stereocenters. The number of benzene rings is 1. The van der Waals surface area contributed by atoms with E-state index in [1.165, 1.54) is 0 Å². The third-order valence-corrected chi connectivity index (χ3v) is 2.53. The Balaban J connectivity index is 2.68. The van der Waals surface area contributed by atoms with Crippen molar-refractivity contribution in [3.8, 4) is 0 Å². The van der Waals surface area contributed by atoms with Gasteiger partial charge in [-0.3, -0.25) is 4.79 Å². The summed E-state index contributed by atoms with van der Waals surface area (Å²) in [6.45, 7) is 2.08. The lowest BCUT2D eigenvalue weighted by Gasteiger charge is -2.06. The smallest absolute Gasteiger partial charge is 0.267 e. The van der Waals surface area contributed by atoms with E-state index in [1.807, 2.05) is 30.3 Å². The third kappa shape index (κ3) is 1.89. The van der Waals surface area contributed by atoms with Crippen molar-refractivity contribution in [3.63, 3.8) is 0 Å². The summed E-state index contributed by atoms with van der Waals surface area (Å²) in [4.78, 5) is 15.6. The van der Waals surface area contributed by atoms with Crippen molar-refractivity contribution in [2.75, 3.05) is 0 Å². The van der Waals surface area contributed by atoms with E-state index >= 15 is 0 Å². The van der Waals surface area contributed by atoms with Crippen LogP contribution >= 0.6 is 0 Å². The number of carbonyl (C=O) groups is 1. The number of carbonyl (C=O) groups excluding carboxylic acids is 1. The van der Waals surface area contributed by atoms with Crippen LogP contribution in [0.1, 0.15) is 29.5 Å². The molecule has 2 rings (SSSR count). The Morgan fingerprint density at radius 2 is 2.12 bits per heavy atom. The fourth-order valence-corrected chi connectivity index (χ4v) is 1.83. The van der Waals surface area contributed by atoms with Crippen molar-refractivity contribution < 1.29 is 4.79 Å². The van der Waals surface area contributed by atoms with Gasteiger partial charge in [-0.25, -0.2) is 4.98 Å². The van der Waals surface area contributed by atoms with E-state index in [2.05, 4.69) is 11.9 Å². The summed E-state index contributed by atoms with van der Waals surface area (Å²) in [5.41, 5.74) is 6.65. The van der Waals surface area contributed by atoms with Crippen LogP contribution in [0, 0.1) is 0 Å². The minimum atomic E-state index is -0.464. The molecule has 0 aliphatic rings. The molecule has 2 N–H and O–H groups in total. The Labute approximate surface area is 94.3 Å². The molecular formula is C13H14N2O. The summed E-state index contributed by atoms with van der Waals surface area (Å²) in [5.74, 6) is -0.464. The Morgan fingerprint density at radius 1 is 1.38 bits per heavy atom. The SMILES string of the molecule is CCCc1cc2ccccc2c(C(N)=O)n1. The first kappa shape index (κ1) is 10.6. The molecule has 0 saturated heterocycles. The van der Waals surface area contributed by atoms with Gasteiger partial charge >= 0.3 is 0 Å². The van der Waals surface area contributed by atoms with Crippen LogP contribution in [0.2, 0.25) is 0 Å². The molecule has 0 saturated carbocycles. The summed E-state index contributed by atoms with van der Waals surface area (Å²) >= 11 is 0. The van der Waals surface area contributed by atoms with Gasteiger partial charge in [0.25, 0.3) is 5.91 Å². The van der Waals surface area contributed by atoms with Crippen molar-refractivity contribution >= 4 is 16.7 Å². The summed E-state index contributed by atoms with van der Waals surface area (Å²) in [6.07, 6.45) is 1.87. The van der Waals surface area contributed by atoms with E-state index in [0.717, 1.165) is 29.3 Å². The lowest BCUT2D eigenvalue weighted by molar-refractivity contribution is 0.0997. The van der Waals surface area contributed by atoms with Gasteiger partial charge in [-0.15, -0.1) is 0 Å². The largest absolute Gasteiger partial charge is 0.364 e. The zero-order valence-corrected chi connectivity index (χ0v) is 9.23. The Morgan fingerprint density at radius 3 is 2.81 bits per heavy atom. The number of fused-ring (bicyclic) bond motifs is 1. The highest BCUT2D eigenvalue weighted by molar-refractivity contribution is 6.04. The number of amides is 1. The molecule has 2 aromatic rings. The molecule has 3 heteroatoms. The molecule has 0 fully saturated rings. The van der Waals surface area contributed by atoms with Crippen LogP contribution < -0.4 is 5.73 Å². The van der Waals surface area contributed by atoms with Gasteiger partial charge in [0.2, 0.25) is 0 Å². The average Bonchev–Trinajstić information content (AvgIpc) is 2.28. The fraction of sp³-hybridized carbons (Fsp3) is 0.231. The van der Waals surface area contributed by atoms with Crippen molar-refractivity contribution in [3.05, 3.63) is 41.7 Å². The lowest BCUT2D eigenvalue weighted by atomic mass is 10.1. The van der Waals surface area contributed by atoms with E-state index in [-0.39, 0.29) is 0 Å². The number of aromatic nitrogens is 1. The van der Waals surface area contributed by atoms with Gasteiger partial charge in [-0.2, -0.15) is 0 Å². The van der Waals surface area contributed by atoms with E-state index in [9.17, 15) is 4.79 Å². The number of hydrogen-bond donors (Lipinski definition) is 1. The van der Waals surface area contributed by atoms with Crippen LogP contribution in [0.15, 0.2) is 30.3 Å². The lowest BCUT2D eigenvalue weighted by Crippen LogP contribution is -2.14. The maximum absolute atomic E-state index is 11.3. The van der Waals surface area contributed by atoms with Crippen LogP contribution in [-0.2, 0) is 6.42 Å². The maximum atomic E-state index is 11.3. The van der Waals surface area contributed by atoms with Gasteiger partial charge in [-0.05, 0) is 17.9 Å². The molecule has 0 spiro atoms. The van der Waals surface area contributed by atoms with Gasteiger partial charge in [0.05, 0.1) is 0 Å². The summed E-state index contributed by atoms with van der Waals surface area (Å²) in [6, 6.07) is 9.70. The number of rotatable bonds is 3. The molecule has 82 valence electrons. The molecule has 0 bridgehead atoms. The maximum Gasteiger partial charge on any atom is 0.267 e. The van der Waals surface area contributed by atoms with Crippen molar-refractivity contribution in [2.45, 2.75) is 19.8 Å². The number of hydrogen-bond acceptors (Lipinski definition) is 2. The van der Waals surface area contributed by atoms with Crippen molar-refractivity contribution in [2.24, 2.45) is 5.73 Å². The van der Waals surface area contributed by atoms with Gasteiger partial charge in [0, 0.05) is 11.1 Å². The van der Waals surface area contributed by atoms with E-state index < -0.39 is 5.91 Å². The monoisotopic (exact) mass is 214 g/mol. The van der Waals surface area contributed by atoms with Gasteiger partial charge in [-0.1, -0.05) is 37.6 Å². The zero-order chi connectivity index (χ0) is 11.5. The second kappa shape index (κ2) is 4.31. The minimum Gasteiger partial charge on any atom is -0.364 e. The van der Waals surface area contributed by atoms with Crippen LogP contribution in [0.3, 0.4) is 0 Å². The van der Waals surface area contributed by atoms with Crippen molar-refractivity contribution in [1.29, 1.82) is 0 Å². The van der Waals surface area contributed by atoms with E-state index in [0.29, 0.717) is 5.69 Å². The van der Waals surface area contributed by atoms with Crippen LogP contribution in [0.25, 0.3) is 10.8 Å². The van der Waals surface area contributed by atoms with Crippen LogP contribution in [0.4, 0.5) is 0 Å². The molecule has 0 aliphatic heterocycles. The summed E-state index contributed by atoms with van der Waals surface area (Å²) < 4.78 is 0. The Bertz CT molecular complexity index is 534. The van der Waals surface area contributed by atoms with Gasteiger partial charge in [0.1, 0.15) is 5.69 Å². The first-order chi connectivity index (χ1) is 7.72. The highest BCUT2D eigenvalue weighted by Crippen LogP contribution is 2.18. The van der Waals surface area contributed by atoms with Crippen LogP contribution in [0.5, 0.6) is 0 Å². The van der Waals surface area contributed by atoms with Crippen LogP contribution in [-0.4, -0.2) is 10.9 Å². The number of primary amides is 1. The predicted molar refractivity (Wildman–Crippen MR) is 64.3 cm³/mol. The van der Waals surface area contributed by atoms with Gasteiger partial charge < -0.3 is 5.73 Å². The number of aryl methyl sites for hydroxylation is 1. The van der Waals surface area contributed by atoms with Crippen molar-refractivity contribution in [1.82, 2.24) is 4.98 Å². The second-order valence-electron chi connectivity index (χ2n) is 3.80. The first-order valence-corrected chi connectivity index (χ1v) is 5.41. The predicted octanol–water partition coefficient (Wildman–Crippen LogP) is 2.29. The molecule has 1 amide bonds. The summed E-state index contributed by atoms with van der Waals surface area (Å²) in [7, 11) is 0. The van der Waals surface area contributed by atoms with Gasteiger partial charge in [0.15, 0.2) is 0 Å². The molecule has 1 aromatic heterocycles. The topological polar surface area (TPSA) is 56.0 Å². The quantitative estimate of drug-likeness (QED) is 0.852. The number of pyridine rings is 1. The second-order valence-corrected chi connectivity index (χ2v) is 3.80. The normalized spacial score (nSPS) is 10.6. The zero-order valence-electron chi connectivity index (χ0n) is 9.23. The summed E-state index contributed by atoms with van der Waals surface area (Å²) in [5, 5.41) is 1.85. The molecular weight excluding hydrogens is 200 g/mol. The molecule has 0 atom stereocenters. The molecule has 1 aromatic carbocycles. The molecule has 3 nitrogen and oxygen atoms in total. The van der Waals surface area contributed by atoms with E-state index in [1.54, 1.807) is 0 Å². The molecule has 1 heterocycles. The first-order valence-electron chi connectivity index (χ1n) is 5.41. The third-order valence-electron chi connectivity index (χ3n) is 2.53. The Hall–Kier alpha value is -1.90. The van der Waals surface area contributed by atoms with E-state index in [4.69, 9.17) is 5.73 Å². The highest BCUT2D eigenvalue weighted by Gasteiger charge is 2.09. The molecule has 16 heavy (non-hydrogen) atoms.